The Morgan fingerprint density at radius 2 is 0.170 bits per heavy atom. The topological polar surface area (TPSA) is 26.3 Å². The monoisotopic (exact) mass is 3040 g/mol. The molecule has 2 nitrogen and oxygen atoms in total. The van der Waals surface area contributed by atoms with Gasteiger partial charge in [-0.2, -0.15) is 0 Å². The Bertz CT molecular complexity index is 690. The Kier molecular flexibility index (Phi) is 361. The number of esters is 1. The van der Waals surface area contributed by atoms with Crippen LogP contribution in [-0.2, 0) is 9.53 Å². The molecule has 77 heteroatoms. The van der Waals surface area contributed by atoms with E-state index in [1.807, 2.05) is 0 Å². The van der Waals surface area contributed by atoms with Gasteiger partial charge >= 0.3 is 5.97 Å². The van der Waals surface area contributed by atoms with E-state index in [1.165, 1.54) is 6.92 Å². The molecule has 0 aromatic heterocycles. The second-order valence-corrected chi connectivity index (χ2v) is 56.6. The van der Waals surface area contributed by atoms with Gasteiger partial charge in [0, 0.05) is 6.92 Å². The minimum absolute atomic E-state index is 0.211. The molecule has 0 fully saturated rings. The van der Waals surface area contributed by atoms with Crippen molar-refractivity contribution in [3.63, 3.8) is 0 Å². The normalized spacial score (nSPS) is 8.92. The third kappa shape index (κ3) is 3290. The van der Waals surface area contributed by atoms with Crippen LogP contribution in [-0.4, -0.2) is 120 Å². The molecule has 106 heavy (non-hydrogen) atoms. The first kappa shape index (κ1) is 198. The number of hydrogen-bond donors (Lipinski definition) is 0. The first-order valence-electron chi connectivity index (χ1n) is 18.3. The summed E-state index contributed by atoms with van der Waals surface area (Å²) < 4.78 is -14.3. The smallest absolute Gasteiger partial charge is 0.302 e. The summed E-state index contributed by atoms with van der Waals surface area (Å²) in [5.74, 6) is -0.211. The van der Waals surface area contributed by atoms with Gasteiger partial charge in [0.2, 0.25) is 0 Å². The quantitative estimate of drug-likeness (QED) is 0.193. The van der Waals surface area contributed by atoms with Gasteiger partial charge in [-0.25, -0.2) is 0 Å². The second-order valence-electron chi connectivity index (χ2n) is 7.11. The summed E-state index contributed by atoms with van der Waals surface area (Å²) in [4.78, 5) is 9.82. The third-order valence-electron chi connectivity index (χ3n) is 0.348. The molecule has 0 saturated carbocycles. The van der Waals surface area contributed by atoms with Crippen molar-refractivity contribution in [2.24, 2.45) is 0 Å². The zero-order chi connectivity index (χ0) is 94.4. The van der Waals surface area contributed by atoms with E-state index in [1.54, 1.807) is 6.92 Å². The molecule has 0 aliphatic carbocycles. The van der Waals surface area contributed by atoms with Gasteiger partial charge in [0.15, 0.2) is 107 Å². The van der Waals surface area contributed by atoms with E-state index in [9.17, 15) is 4.79 Å². The Morgan fingerprint density at radius 3 is 0.170 bits per heavy atom. The van der Waals surface area contributed by atoms with Gasteiger partial charge in [-0.1, -0.05) is 870 Å². The van der Waals surface area contributed by atoms with Gasteiger partial charge in [0.1, 0.15) is 0 Å². The van der Waals surface area contributed by atoms with Crippen LogP contribution in [0.3, 0.4) is 0 Å². The molecule has 0 atom stereocenters. The molecular weight excluding hydrogens is 3040 g/mol. The van der Waals surface area contributed by atoms with E-state index in [2.05, 4.69) is 4.74 Å². The summed E-state index contributed by atoms with van der Waals surface area (Å²) in [6.45, 7) is 3.65. The Morgan fingerprint density at radius 1 is 0.142 bits per heavy atom. The molecule has 0 N–H and O–H groups in total. The second kappa shape index (κ2) is 193. The van der Waals surface area contributed by atoms with Crippen molar-refractivity contribution in [3.8, 4) is 0 Å². The first-order valence-corrected chi connectivity index (χ1v) is 51.0. The summed E-state index contributed by atoms with van der Waals surface area (Å²) in [6, 6.07) is 0. The van der Waals surface area contributed by atoms with Crippen LogP contribution in [0.5, 0.6) is 0 Å². The molecule has 0 aliphatic heterocycles. The number of carbonyl (C=O) groups is 1. The molecule has 0 bridgehead atoms. The lowest BCUT2D eigenvalue weighted by Crippen LogP contribution is -1.95. The fraction of sp³-hybridized carbons (Fsp3) is 0.966. The molecule has 0 rings (SSSR count). The van der Waals surface area contributed by atoms with Crippen molar-refractivity contribution < 1.29 is 9.53 Å². The van der Waals surface area contributed by atoms with Crippen LogP contribution in [0.2, 0.25) is 0 Å². The summed E-state index contributed by atoms with van der Waals surface area (Å²) >= 11 is 360. The van der Waals surface area contributed by atoms with Crippen LogP contribution in [0.25, 0.3) is 0 Å². The van der Waals surface area contributed by atoms with Gasteiger partial charge < -0.3 is 4.74 Å². The number of carbonyl (C=O) groups excluding carboxylic acids is 1. The highest BCUT2D eigenvalue weighted by molar-refractivity contribution is 6.72. The van der Waals surface area contributed by atoms with Gasteiger partial charge in [0.05, 0.1) is 6.61 Å². The van der Waals surface area contributed by atoms with E-state index >= 15 is 0 Å². The minimum Gasteiger partial charge on any atom is -0.466 e. The van der Waals surface area contributed by atoms with Crippen LogP contribution >= 0.6 is 870 Å². The average molecular weight is 3070 g/mol. The molecule has 0 aromatic rings. The maximum Gasteiger partial charge on any atom is 0.302 e. The lowest BCUT2D eigenvalue weighted by atomic mass is 10.8. The van der Waals surface area contributed by atoms with Gasteiger partial charge in [-0.3, -0.25) is 4.79 Å². The standard InChI is InChI=1S/C4H8O2.25CHCl3/c1-3-6-4(2)5;25*2-1(3)4/h3H2,1-2H3;25*1H. The molecule has 0 aromatic carbocycles. The van der Waals surface area contributed by atoms with Crippen LogP contribution in [0.15, 0.2) is 0 Å². The lowest BCUT2D eigenvalue weighted by Gasteiger charge is -1.89. The maximum atomic E-state index is 9.82. The van der Waals surface area contributed by atoms with Crippen molar-refractivity contribution in [2.75, 3.05) is 6.61 Å². The van der Waals surface area contributed by atoms with E-state index in [0.29, 0.717) is 6.61 Å². The third-order valence-corrected chi connectivity index (χ3v) is 0.348. The molecule has 0 amide bonds. The zero-order valence-electron chi connectivity index (χ0n) is 46.8. The van der Waals surface area contributed by atoms with Gasteiger partial charge in [-0.05, 0) is 6.92 Å². The van der Waals surface area contributed by atoms with Crippen molar-refractivity contribution in [3.05, 3.63) is 0 Å². The molecule has 0 heterocycles. The lowest BCUT2D eigenvalue weighted by molar-refractivity contribution is -0.140. The maximum absolute atomic E-state index is 9.82. The number of rotatable bonds is 1. The first-order chi connectivity index (χ1) is 46.1. The molecule has 686 valence electrons. The molecule has 0 radical (unpaired) electrons. The number of halogens is 75. The van der Waals surface area contributed by atoms with E-state index in [-0.39, 0.29) is 5.97 Å². The zero-order valence-corrected chi connectivity index (χ0v) is 103. The highest BCUT2D eigenvalue weighted by Gasteiger charge is 1.88. The predicted molar refractivity (Wildman–Crippen MR) is 556 cm³/mol. The van der Waals surface area contributed by atoms with Crippen LogP contribution in [0, 0.1) is 0 Å². The highest BCUT2D eigenvalue weighted by Crippen LogP contribution is 2.13. The summed E-state index contributed by atoms with van der Waals surface area (Å²) in [7, 11) is 0. The van der Waals surface area contributed by atoms with Crippen LogP contribution < -0.4 is 0 Å². The number of hydrogen-bond acceptors (Lipinski definition) is 2. The van der Waals surface area contributed by atoms with E-state index < -0.39 is 107 Å². The molecule has 0 spiro atoms. The van der Waals surface area contributed by atoms with Crippen molar-refractivity contribution >= 4 is 876 Å². The van der Waals surface area contributed by atoms with E-state index in [4.69, 9.17) is 870 Å². The highest BCUT2D eigenvalue weighted by atomic mass is 35.7. The molecule has 0 saturated heterocycles. The van der Waals surface area contributed by atoms with Gasteiger partial charge in [0.25, 0.3) is 0 Å². The van der Waals surface area contributed by atoms with Gasteiger partial charge in [-0.15, -0.1) is 0 Å². The summed E-state index contributed by atoms with van der Waals surface area (Å²) in [6.07, 6.45) is 0. The van der Waals surface area contributed by atoms with Crippen molar-refractivity contribution in [1.82, 2.24) is 0 Å². The largest absolute Gasteiger partial charge is 0.466 e. The molecule has 0 aliphatic rings. The number of alkyl halides is 75. The van der Waals surface area contributed by atoms with E-state index in [0.717, 1.165) is 0 Å². The fourth-order valence-electron chi connectivity index (χ4n) is 0.203. The minimum atomic E-state index is -0.750. The Balaban J connectivity index is -0.0000000262. The Hall–Kier alpha value is 21.2. The number of ether oxygens (including phenoxy) is 1. The Labute approximate surface area is 994 Å². The average Bonchev–Trinajstić information content (AvgIpc) is 3.49. The predicted octanol–water partition coefficient (Wildman–Crippen LogP) is 50.2. The summed E-state index contributed by atoms with van der Waals surface area (Å²) in [5, 5.41) is 0. The SMILES string of the molecule is CCOC(C)=O.ClC(Cl)Cl.ClC(Cl)Cl.ClC(Cl)Cl.ClC(Cl)Cl.ClC(Cl)Cl.ClC(Cl)Cl.ClC(Cl)Cl.ClC(Cl)Cl.ClC(Cl)Cl.ClC(Cl)Cl.ClC(Cl)Cl.ClC(Cl)Cl.ClC(Cl)Cl.ClC(Cl)Cl.ClC(Cl)Cl.ClC(Cl)Cl.ClC(Cl)Cl.ClC(Cl)Cl.ClC(Cl)Cl.ClC(Cl)Cl.ClC(Cl)Cl.ClC(Cl)Cl.ClC(Cl)Cl.ClC(Cl)Cl.ClC(Cl)Cl. The van der Waals surface area contributed by atoms with Crippen molar-refractivity contribution in [1.29, 1.82) is 0 Å². The summed E-state index contributed by atoms with van der Waals surface area (Å²) in [5.41, 5.74) is 0. The molecular formula is C29H33Cl75O2. The van der Waals surface area contributed by atoms with Crippen LogP contribution in [0.4, 0.5) is 0 Å². The van der Waals surface area contributed by atoms with Crippen molar-refractivity contribution in [2.45, 2.75) is 121 Å². The van der Waals surface area contributed by atoms with Crippen LogP contribution in [0.1, 0.15) is 13.8 Å². The molecule has 0 unspecified atom stereocenters. The fourth-order valence-corrected chi connectivity index (χ4v) is 0.203.